The predicted octanol–water partition coefficient (Wildman–Crippen LogP) is 0.222. The van der Waals surface area contributed by atoms with Gasteiger partial charge in [-0.1, -0.05) is 0 Å². The second kappa shape index (κ2) is 10.1. The van der Waals surface area contributed by atoms with Crippen molar-refractivity contribution < 1.29 is 98.0 Å². The molecule has 0 aromatic heterocycles. The van der Waals surface area contributed by atoms with Crippen molar-refractivity contribution in [3.8, 4) is 0 Å². The third-order valence-corrected chi connectivity index (χ3v) is 0. The molecular weight excluding hydrogens is 341 g/mol. The van der Waals surface area contributed by atoms with Crippen LogP contribution < -0.4 is 0 Å². The minimum atomic E-state index is -1.83. The van der Waals surface area contributed by atoms with Crippen LogP contribution in [0.2, 0.25) is 0 Å². The van der Waals surface area contributed by atoms with E-state index in [0.717, 1.165) is 0 Å². The molecule has 1 radical (unpaired) electrons. The molecule has 0 bridgehead atoms. The van der Waals surface area contributed by atoms with Crippen LogP contribution >= 0.6 is 0 Å². The van der Waals surface area contributed by atoms with Gasteiger partial charge < -0.3 is 10.2 Å². The maximum Gasteiger partial charge on any atom is 0.503 e. The van der Waals surface area contributed by atoms with E-state index in [0.29, 0.717) is 0 Å². The number of hydrogen-bond acceptors (Lipinski definition) is 1. The van der Waals surface area contributed by atoms with Gasteiger partial charge >= 0.3 is 6.16 Å². The monoisotopic (exact) mass is 343 g/mol. The third kappa shape index (κ3) is 37.3. The Balaban J connectivity index is -0.0000000450. The fourth-order valence-electron chi connectivity index (χ4n) is 0. The number of carbonyl (C=O) groups is 1. The molecule has 2 N–H and O–H groups in total. The fraction of sp³-hybridized carbons (Fsp3) is 0. The normalized spacial score (nSPS) is 4.00. The summed E-state index contributed by atoms with van der Waals surface area (Å²) in [5.74, 6) is 0. The van der Waals surface area contributed by atoms with Crippen molar-refractivity contribution in [1.29, 1.82) is 0 Å². The van der Waals surface area contributed by atoms with E-state index in [9.17, 15) is 0 Å². The molecule has 0 aliphatic rings. The number of hydrogen-bond donors (Lipinski definition) is 2. The summed E-state index contributed by atoms with van der Waals surface area (Å²) in [6.07, 6.45) is -1.83. The van der Waals surface area contributed by atoms with Crippen LogP contribution in [0.4, 0.5) is 4.79 Å². The summed E-state index contributed by atoms with van der Waals surface area (Å²) >= 11 is 0. The van der Waals surface area contributed by atoms with Crippen LogP contribution in [0, 0.1) is 83.0 Å². The minimum Gasteiger partial charge on any atom is -0.450 e. The molecule has 0 spiro atoms. The van der Waals surface area contributed by atoms with Gasteiger partial charge in [0.05, 0.1) is 0 Å². The molecule has 0 aliphatic carbocycles. The number of carboxylic acid groups (broad SMARTS) is 2. The molecule has 0 aliphatic heterocycles. The zero-order valence-electron chi connectivity index (χ0n) is 2.88. The van der Waals surface area contributed by atoms with E-state index in [2.05, 4.69) is 0 Å². The SMILES string of the molecule is O=C(O)O.[Ce].[Pr]. The average molecular weight is 343 g/mol. The van der Waals surface area contributed by atoms with Gasteiger partial charge in [-0.05, 0) is 0 Å². The Morgan fingerprint density at radius 1 is 1.33 bits per heavy atom. The van der Waals surface area contributed by atoms with E-state index in [1.54, 1.807) is 0 Å². The molecule has 5 heteroatoms. The number of rotatable bonds is 0. The molecule has 0 aromatic carbocycles. The Bertz CT molecular complexity index is 33.8. The van der Waals surface area contributed by atoms with Crippen molar-refractivity contribution in [2.45, 2.75) is 0 Å². The Morgan fingerprint density at radius 3 is 1.33 bits per heavy atom. The van der Waals surface area contributed by atoms with Crippen molar-refractivity contribution in [1.82, 2.24) is 0 Å². The van der Waals surface area contributed by atoms with Crippen molar-refractivity contribution in [2.75, 3.05) is 0 Å². The zero-order chi connectivity index (χ0) is 3.58. The zero-order valence-corrected chi connectivity index (χ0v) is 9.72. The van der Waals surface area contributed by atoms with Crippen LogP contribution in [0.1, 0.15) is 0 Å². The van der Waals surface area contributed by atoms with Crippen LogP contribution in [0.3, 0.4) is 0 Å². The average Bonchev–Trinajstić information content (AvgIpc) is 0.811. The Labute approximate surface area is 102 Å². The molecule has 0 atom stereocenters. The van der Waals surface area contributed by atoms with Crippen molar-refractivity contribution in [3.05, 3.63) is 0 Å². The molecule has 0 aromatic rings. The summed E-state index contributed by atoms with van der Waals surface area (Å²) in [6, 6.07) is 0. The summed E-state index contributed by atoms with van der Waals surface area (Å²) in [5.41, 5.74) is 0. The van der Waals surface area contributed by atoms with E-state index in [1.165, 1.54) is 0 Å². The Kier molecular flexibility index (Phi) is 26.4. The van der Waals surface area contributed by atoms with Gasteiger partial charge in [0.15, 0.2) is 0 Å². The molecule has 0 unspecified atom stereocenters. The molecular formula is CH2CeO3Pr. The van der Waals surface area contributed by atoms with Gasteiger partial charge in [0, 0.05) is 83.0 Å². The maximum absolute atomic E-state index is 8.56. The minimum absolute atomic E-state index is 0. The first kappa shape index (κ1) is 15.7. The maximum atomic E-state index is 8.56. The van der Waals surface area contributed by atoms with Crippen molar-refractivity contribution >= 4 is 6.16 Å². The second-order valence-electron chi connectivity index (χ2n) is 0.283. The van der Waals surface area contributed by atoms with Crippen LogP contribution in [-0.2, 0) is 0 Å². The summed E-state index contributed by atoms with van der Waals surface area (Å²) in [6.45, 7) is 0. The third-order valence-electron chi connectivity index (χ3n) is 0. The molecule has 0 heterocycles. The van der Waals surface area contributed by atoms with Gasteiger partial charge in [-0.15, -0.1) is 0 Å². The first-order valence-electron chi connectivity index (χ1n) is 0.651. The van der Waals surface area contributed by atoms with E-state index in [-0.39, 0.29) is 83.0 Å². The summed E-state index contributed by atoms with van der Waals surface area (Å²) in [4.78, 5) is 8.56. The summed E-state index contributed by atoms with van der Waals surface area (Å²) in [5, 5.41) is 13.9. The predicted molar refractivity (Wildman–Crippen MR) is 10.7 cm³/mol. The molecule has 0 fully saturated rings. The van der Waals surface area contributed by atoms with Gasteiger partial charge in [0.2, 0.25) is 0 Å². The van der Waals surface area contributed by atoms with Gasteiger partial charge in [-0.2, -0.15) is 0 Å². The fourth-order valence-corrected chi connectivity index (χ4v) is 0. The van der Waals surface area contributed by atoms with Crippen LogP contribution in [0.5, 0.6) is 0 Å². The quantitative estimate of drug-likeness (QED) is 0.662. The molecule has 6 heavy (non-hydrogen) atoms. The van der Waals surface area contributed by atoms with Gasteiger partial charge in [0.1, 0.15) is 0 Å². The van der Waals surface area contributed by atoms with Crippen LogP contribution in [0.15, 0.2) is 0 Å². The second-order valence-corrected chi connectivity index (χ2v) is 0.283. The van der Waals surface area contributed by atoms with Crippen LogP contribution in [-0.4, -0.2) is 16.4 Å². The van der Waals surface area contributed by atoms with Gasteiger partial charge in [0.25, 0.3) is 0 Å². The van der Waals surface area contributed by atoms with Crippen LogP contribution in [0.25, 0.3) is 0 Å². The largest absolute Gasteiger partial charge is 0.503 e. The van der Waals surface area contributed by atoms with Gasteiger partial charge in [-0.25, -0.2) is 4.79 Å². The standard InChI is InChI=1S/CH2O3.Ce.Pr/c2-1(3)4;;/h(H2,2,3,4);;. The van der Waals surface area contributed by atoms with Gasteiger partial charge in [-0.3, -0.25) is 0 Å². The van der Waals surface area contributed by atoms with E-state index in [1.807, 2.05) is 0 Å². The molecule has 0 saturated carbocycles. The first-order chi connectivity index (χ1) is 1.73. The van der Waals surface area contributed by atoms with E-state index < -0.39 is 6.16 Å². The molecule has 0 rings (SSSR count). The smallest absolute Gasteiger partial charge is 0.450 e. The molecule has 0 amide bonds. The molecule has 0 saturated heterocycles. The summed E-state index contributed by atoms with van der Waals surface area (Å²) in [7, 11) is 0. The van der Waals surface area contributed by atoms with E-state index in [4.69, 9.17) is 15.0 Å². The molecule has 3 nitrogen and oxygen atoms in total. The first-order valence-corrected chi connectivity index (χ1v) is 0.651. The Morgan fingerprint density at radius 2 is 1.33 bits per heavy atom. The summed E-state index contributed by atoms with van der Waals surface area (Å²) < 4.78 is 0. The van der Waals surface area contributed by atoms with Crippen molar-refractivity contribution in [2.24, 2.45) is 0 Å². The van der Waals surface area contributed by atoms with E-state index >= 15 is 0 Å². The van der Waals surface area contributed by atoms with Crippen molar-refractivity contribution in [3.63, 3.8) is 0 Å². The topological polar surface area (TPSA) is 57.5 Å². The Hall–Kier alpha value is 2.01. The molecule has 31 valence electrons.